The molecule has 0 saturated carbocycles. The van der Waals surface area contributed by atoms with Crippen molar-refractivity contribution in [1.29, 1.82) is 0 Å². The summed E-state index contributed by atoms with van der Waals surface area (Å²) in [6.45, 7) is 5.04. The van der Waals surface area contributed by atoms with E-state index in [2.05, 4.69) is 20.9 Å². The van der Waals surface area contributed by atoms with Gasteiger partial charge < -0.3 is 20.7 Å². The Morgan fingerprint density at radius 3 is 2.37 bits per heavy atom. The zero-order valence-electron chi connectivity index (χ0n) is 17.6. The second-order valence-corrected chi connectivity index (χ2v) is 6.68. The highest BCUT2D eigenvalue weighted by Crippen LogP contribution is 2.13. The van der Waals surface area contributed by atoms with Crippen LogP contribution < -0.4 is 20.7 Å². The first-order valence-corrected chi connectivity index (χ1v) is 9.75. The van der Waals surface area contributed by atoms with Crippen molar-refractivity contribution in [3.8, 4) is 5.75 Å². The minimum Gasteiger partial charge on any atom is -0.489 e. The Kier molecular flexibility index (Phi) is 11.8. The van der Waals surface area contributed by atoms with E-state index in [0.29, 0.717) is 31.2 Å². The number of nitrogens with one attached hydrogen (secondary N) is 3. The molecule has 0 aliphatic carbocycles. The highest BCUT2D eigenvalue weighted by Gasteiger charge is 2.06. The van der Waals surface area contributed by atoms with Crippen molar-refractivity contribution in [3.05, 3.63) is 59.9 Å². The molecule has 0 heterocycles. The number of carbonyl (C=O) groups is 1. The van der Waals surface area contributed by atoms with Gasteiger partial charge in [0.1, 0.15) is 17.7 Å². The Hall–Kier alpha value is -2.36. The third kappa shape index (κ3) is 9.43. The molecule has 0 aromatic heterocycles. The van der Waals surface area contributed by atoms with Gasteiger partial charge in [-0.05, 0) is 55.3 Å². The Morgan fingerprint density at radius 1 is 1.10 bits per heavy atom. The molecule has 1 atom stereocenters. The van der Waals surface area contributed by atoms with E-state index >= 15 is 0 Å². The molecule has 2 aromatic rings. The first kappa shape index (κ1) is 25.7. The fourth-order valence-electron chi connectivity index (χ4n) is 2.59. The number of hydrogen-bond acceptors (Lipinski definition) is 3. The summed E-state index contributed by atoms with van der Waals surface area (Å²) in [5.74, 6) is 1.01. The van der Waals surface area contributed by atoms with Crippen LogP contribution in [0.5, 0.6) is 5.75 Å². The predicted octanol–water partition coefficient (Wildman–Crippen LogP) is 4.31. The zero-order chi connectivity index (χ0) is 21.1. The third-order valence-corrected chi connectivity index (χ3v) is 4.11. The van der Waals surface area contributed by atoms with Gasteiger partial charge in [0, 0.05) is 25.7 Å². The average Bonchev–Trinajstić information content (AvgIpc) is 2.71. The first-order valence-electron chi connectivity index (χ1n) is 9.75. The minimum absolute atomic E-state index is 0. The molecule has 0 radical (unpaired) electrons. The van der Waals surface area contributed by atoms with Crippen molar-refractivity contribution in [1.82, 2.24) is 10.6 Å². The van der Waals surface area contributed by atoms with Gasteiger partial charge in [-0.3, -0.25) is 9.79 Å². The molecule has 164 valence electrons. The van der Waals surface area contributed by atoms with Gasteiger partial charge in [-0.25, -0.2) is 4.39 Å². The van der Waals surface area contributed by atoms with Crippen molar-refractivity contribution >= 4 is 41.5 Å². The van der Waals surface area contributed by atoms with Crippen molar-refractivity contribution in [2.45, 2.75) is 39.3 Å². The standard InChI is InChI=1S/C22H29FN4O2.HI/c1-4-5-21(28)27-19-10-6-17(7-11-19)15-26-22(24-3)25-14-16(2)29-20-12-8-18(23)9-13-20;/h6-13,16H,4-5,14-15H2,1-3H3,(H,27,28)(H2,24,25,26);1H. The molecule has 30 heavy (non-hydrogen) atoms. The summed E-state index contributed by atoms with van der Waals surface area (Å²) in [5.41, 5.74) is 1.86. The Bertz CT molecular complexity index is 798. The number of guanidine groups is 1. The summed E-state index contributed by atoms with van der Waals surface area (Å²) >= 11 is 0. The van der Waals surface area contributed by atoms with E-state index < -0.39 is 0 Å². The van der Waals surface area contributed by atoms with Crippen LogP contribution in [0.1, 0.15) is 32.3 Å². The number of anilines is 1. The lowest BCUT2D eigenvalue weighted by molar-refractivity contribution is -0.116. The maximum absolute atomic E-state index is 12.9. The van der Waals surface area contributed by atoms with Crippen LogP contribution in [0.2, 0.25) is 0 Å². The minimum atomic E-state index is -0.288. The van der Waals surface area contributed by atoms with E-state index in [9.17, 15) is 9.18 Å². The van der Waals surface area contributed by atoms with E-state index in [4.69, 9.17) is 4.74 Å². The number of halogens is 2. The molecule has 0 fully saturated rings. The molecule has 1 unspecified atom stereocenters. The van der Waals surface area contributed by atoms with Gasteiger partial charge in [-0.1, -0.05) is 19.1 Å². The molecule has 6 nitrogen and oxygen atoms in total. The number of amides is 1. The average molecular weight is 528 g/mol. The molecule has 8 heteroatoms. The molecule has 0 aliphatic rings. The van der Waals surface area contributed by atoms with Crippen LogP contribution in [0.3, 0.4) is 0 Å². The fraction of sp³-hybridized carbons (Fsp3) is 0.364. The Balaban J connectivity index is 0.00000450. The predicted molar refractivity (Wildman–Crippen MR) is 130 cm³/mol. The Labute approximate surface area is 194 Å². The zero-order valence-corrected chi connectivity index (χ0v) is 19.9. The topological polar surface area (TPSA) is 74.8 Å². The van der Waals surface area contributed by atoms with Gasteiger partial charge in [0.05, 0.1) is 6.54 Å². The normalized spacial score (nSPS) is 11.8. The van der Waals surface area contributed by atoms with Crippen LogP contribution in [0.15, 0.2) is 53.5 Å². The van der Waals surface area contributed by atoms with Gasteiger partial charge in [0.25, 0.3) is 0 Å². The SMILES string of the molecule is CCCC(=O)Nc1ccc(CNC(=NC)NCC(C)Oc2ccc(F)cc2)cc1.I. The maximum Gasteiger partial charge on any atom is 0.224 e. The molecule has 1 amide bonds. The van der Waals surface area contributed by atoms with Crippen molar-refractivity contribution < 1.29 is 13.9 Å². The molecular formula is C22H30FIN4O2. The molecule has 3 N–H and O–H groups in total. The van der Waals surface area contributed by atoms with E-state index in [0.717, 1.165) is 17.7 Å². The number of benzene rings is 2. The summed E-state index contributed by atoms with van der Waals surface area (Å²) in [6.07, 6.45) is 1.23. The summed E-state index contributed by atoms with van der Waals surface area (Å²) in [6, 6.07) is 13.6. The molecular weight excluding hydrogens is 498 g/mol. The second kappa shape index (κ2) is 13.8. The van der Waals surface area contributed by atoms with Crippen LogP contribution in [0.25, 0.3) is 0 Å². The number of ether oxygens (including phenoxy) is 1. The van der Waals surface area contributed by atoms with Crippen LogP contribution in [-0.2, 0) is 11.3 Å². The number of aliphatic imine (C=N–C) groups is 1. The van der Waals surface area contributed by atoms with E-state index in [1.165, 1.54) is 12.1 Å². The van der Waals surface area contributed by atoms with Crippen LogP contribution >= 0.6 is 24.0 Å². The molecule has 0 aliphatic heterocycles. The molecule has 2 aromatic carbocycles. The van der Waals surface area contributed by atoms with E-state index in [1.807, 2.05) is 38.1 Å². The van der Waals surface area contributed by atoms with Crippen molar-refractivity contribution in [3.63, 3.8) is 0 Å². The lowest BCUT2D eigenvalue weighted by atomic mass is 10.2. The monoisotopic (exact) mass is 528 g/mol. The molecule has 2 rings (SSSR count). The van der Waals surface area contributed by atoms with E-state index in [-0.39, 0.29) is 41.8 Å². The smallest absolute Gasteiger partial charge is 0.224 e. The number of carbonyl (C=O) groups excluding carboxylic acids is 1. The summed E-state index contributed by atoms with van der Waals surface area (Å²) < 4.78 is 18.7. The van der Waals surface area contributed by atoms with Crippen LogP contribution in [-0.4, -0.2) is 31.6 Å². The highest BCUT2D eigenvalue weighted by molar-refractivity contribution is 14.0. The number of rotatable bonds is 9. The first-order chi connectivity index (χ1) is 14.0. The van der Waals surface area contributed by atoms with Crippen LogP contribution in [0, 0.1) is 5.82 Å². The van der Waals surface area contributed by atoms with Crippen molar-refractivity contribution in [2.24, 2.45) is 4.99 Å². The van der Waals surface area contributed by atoms with Crippen molar-refractivity contribution in [2.75, 3.05) is 18.9 Å². The van der Waals surface area contributed by atoms with E-state index in [1.54, 1.807) is 19.2 Å². The molecule has 0 saturated heterocycles. The summed E-state index contributed by atoms with van der Waals surface area (Å²) in [7, 11) is 1.70. The maximum atomic E-state index is 12.9. The van der Waals surface area contributed by atoms with Gasteiger partial charge >= 0.3 is 0 Å². The summed E-state index contributed by atoms with van der Waals surface area (Å²) in [5, 5.41) is 9.32. The van der Waals surface area contributed by atoms with Gasteiger partial charge in [0.15, 0.2) is 5.96 Å². The molecule has 0 spiro atoms. The lowest BCUT2D eigenvalue weighted by Crippen LogP contribution is -2.41. The second-order valence-electron chi connectivity index (χ2n) is 6.68. The number of nitrogens with zero attached hydrogens (tertiary/aromatic N) is 1. The van der Waals surface area contributed by atoms with Gasteiger partial charge in [-0.15, -0.1) is 24.0 Å². The largest absolute Gasteiger partial charge is 0.489 e. The van der Waals surface area contributed by atoms with Crippen LogP contribution in [0.4, 0.5) is 10.1 Å². The Morgan fingerprint density at radius 2 is 1.77 bits per heavy atom. The highest BCUT2D eigenvalue weighted by atomic mass is 127. The molecule has 0 bridgehead atoms. The third-order valence-electron chi connectivity index (χ3n) is 4.11. The summed E-state index contributed by atoms with van der Waals surface area (Å²) in [4.78, 5) is 15.8. The number of hydrogen-bond donors (Lipinski definition) is 3. The quantitative estimate of drug-likeness (QED) is 0.258. The van der Waals surface area contributed by atoms with Gasteiger partial charge in [-0.2, -0.15) is 0 Å². The fourth-order valence-corrected chi connectivity index (χ4v) is 2.59. The van der Waals surface area contributed by atoms with Gasteiger partial charge in [0.2, 0.25) is 5.91 Å². The lowest BCUT2D eigenvalue weighted by Gasteiger charge is -2.18.